The molecule has 0 saturated carbocycles. The highest BCUT2D eigenvalue weighted by Crippen LogP contribution is 2.23. The number of aliphatic hydroxyl groups excluding tert-OH is 1. The maximum absolute atomic E-state index is 9.89. The molecular formula is C13H11N3O2. The molecule has 0 spiro atoms. The minimum atomic E-state index is -0.109. The largest absolute Gasteiger partial charge is 0.506 e. The molecule has 0 aliphatic carbocycles. The number of benzene rings is 2. The van der Waals surface area contributed by atoms with E-state index in [0.29, 0.717) is 11.3 Å². The molecule has 3 aromatic rings. The molecule has 90 valence electrons. The molecule has 5 heteroatoms. The summed E-state index contributed by atoms with van der Waals surface area (Å²) in [5.41, 5.74) is 2.67. The predicted molar refractivity (Wildman–Crippen MR) is 66.5 cm³/mol. The Bertz CT molecular complexity index is 673. The molecule has 0 fully saturated rings. The number of aromatic hydroxyl groups is 1. The smallest absolute Gasteiger partial charge is 0.143 e. The number of nitrogens with zero attached hydrogens (tertiary/aromatic N) is 3. The van der Waals surface area contributed by atoms with Crippen molar-refractivity contribution >= 4 is 11.0 Å². The summed E-state index contributed by atoms with van der Waals surface area (Å²) in [6.07, 6.45) is 0. The fraction of sp³-hybridized carbons (Fsp3) is 0.0769. The van der Waals surface area contributed by atoms with Crippen LogP contribution >= 0.6 is 0 Å². The van der Waals surface area contributed by atoms with E-state index in [-0.39, 0.29) is 12.4 Å². The minimum absolute atomic E-state index is 0.0434. The van der Waals surface area contributed by atoms with Crippen LogP contribution in [0.4, 0.5) is 0 Å². The van der Waals surface area contributed by atoms with E-state index in [1.165, 1.54) is 10.9 Å². The summed E-state index contributed by atoms with van der Waals surface area (Å²) in [4.78, 5) is 1.39. The molecule has 0 amide bonds. The first kappa shape index (κ1) is 10.7. The molecule has 0 saturated heterocycles. The van der Waals surface area contributed by atoms with Gasteiger partial charge in [-0.05, 0) is 29.8 Å². The first-order valence-electron chi connectivity index (χ1n) is 5.53. The van der Waals surface area contributed by atoms with Gasteiger partial charge in [-0.15, -0.1) is 15.0 Å². The Morgan fingerprint density at radius 2 is 1.67 bits per heavy atom. The van der Waals surface area contributed by atoms with Gasteiger partial charge in [0.05, 0.1) is 6.61 Å². The zero-order chi connectivity index (χ0) is 12.5. The van der Waals surface area contributed by atoms with Crippen molar-refractivity contribution in [1.82, 2.24) is 15.0 Å². The molecule has 0 aliphatic heterocycles. The Morgan fingerprint density at radius 1 is 1.00 bits per heavy atom. The van der Waals surface area contributed by atoms with Crippen LogP contribution in [-0.2, 0) is 6.61 Å². The number of phenolic OH excluding ortho intramolecular Hbond substituents is 1. The summed E-state index contributed by atoms with van der Waals surface area (Å²) < 4.78 is 0. The number of aliphatic hydroxyl groups is 1. The van der Waals surface area contributed by atoms with Gasteiger partial charge >= 0.3 is 0 Å². The van der Waals surface area contributed by atoms with E-state index in [4.69, 9.17) is 5.11 Å². The Morgan fingerprint density at radius 3 is 2.22 bits per heavy atom. The standard InChI is InChI=1S/C13H11N3O2/c17-8-9-5-6-12(13(18)7-9)16-14-10-3-1-2-4-11(10)15-16/h1-7,17-18H,8H2. The molecule has 2 aromatic carbocycles. The van der Waals surface area contributed by atoms with Gasteiger partial charge in [0.2, 0.25) is 0 Å². The van der Waals surface area contributed by atoms with Gasteiger partial charge in [0.15, 0.2) is 0 Å². The summed E-state index contributed by atoms with van der Waals surface area (Å²) in [7, 11) is 0. The van der Waals surface area contributed by atoms with Crippen LogP contribution in [0.1, 0.15) is 5.56 Å². The number of hydrogen-bond acceptors (Lipinski definition) is 4. The highest BCUT2D eigenvalue weighted by atomic mass is 16.3. The van der Waals surface area contributed by atoms with Crippen molar-refractivity contribution in [2.75, 3.05) is 0 Å². The molecule has 2 N–H and O–H groups in total. The van der Waals surface area contributed by atoms with Gasteiger partial charge < -0.3 is 10.2 Å². The second kappa shape index (κ2) is 4.12. The van der Waals surface area contributed by atoms with Crippen molar-refractivity contribution in [3.8, 4) is 11.4 Å². The highest BCUT2D eigenvalue weighted by molar-refractivity contribution is 5.73. The Balaban J connectivity index is 2.14. The Hall–Kier alpha value is -2.40. The van der Waals surface area contributed by atoms with Crippen LogP contribution in [0, 0.1) is 0 Å². The molecule has 0 unspecified atom stereocenters. The third-order valence-electron chi connectivity index (χ3n) is 2.72. The number of rotatable bonds is 2. The van der Waals surface area contributed by atoms with Crippen molar-refractivity contribution in [2.45, 2.75) is 6.61 Å². The SMILES string of the molecule is OCc1ccc(-n2nc3ccccc3n2)c(O)c1. The second-order valence-corrected chi connectivity index (χ2v) is 3.96. The first-order valence-corrected chi connectivity index (χ1v) is 5.53. The monoisotopic (exact) mass is 241 g/mol. The Labute approximate surface area is 103 Å². The molecule has 0 atom stereocenters. The fourth-order valence-electron chi connectivity index (χ4n) is 1.80. The van der Waals surface area contributed by atoms with E-state index >= 15 is 0 Å². The van der Waals surface area contributed by atoms with E-state index in [1.807, 2.05) is 24.3 Å². The van der Waals surface area contributed by atoms with Crippen LogP contribution in [0.3, 0.4) is 0 Å². The molecular weight excluding hydrogens is 230 g/mol. The van der Waals surface area contributed by atoms with Gasteiger partial charge in [0, 0.05) is 0 Å². The van der Waals surface area contributed by atoms with E-state index < -0.39 is 0 Å². The van der Waals surface area contributed by atoms with Gasteiger partial charge in [-0.2, -0.15) is 0 Å². The Kier molecular flexibility index (Phi) is 2.46. The molecule has 0 bridgehead atoms. The van der Waals surface area contributed by atoms with Gasteiger partial charge in [-0.3, -0.25) is 0 Å². The maximum Gasteiger partial charge on any atom is 0.143 e. The van der Waals surface area contributed by atoms with E-state index in [0.717, 1.165) is 11.0 Å². The average Bonchev–Trinajstić information content (AvgIpc) is 2.81. The minimum Gasteiger partial charge on any atom is -0.506 e. The summed E-state index contributed by atoms with van der Waals surface area (Å²) in [5, 5.41) is 27.4. The van der Waals surface area contributed by atoms with Crippen LogP contribution in [0.25, 0.3) is 16.7 Å². The van der Waals surface area contributed by atoms with Gasteiger partial charge in [0.1, 0.15) is 22.5 Å². The summed E-state index contributed by atoms with van der Waals surface area (Å²) >= 11 is 0. The van der Waals surface area contributed by atoms with Crippen LogP contribution in [-0.4, -0.2) is 25.2 Å². The van der Waals surface area contributed by atoms with Crippen LogP contribution in [0.5, 0.6) is 5.75 Å². The summed E-state index contributed by atoms with van der Waals surface area (Å²) in [5.74, 6) is 0.0434. The van der Waals surface area contributed by atoms with Crippen LogP contribution < -0.4 is 0 Å². The van der Waals surface area contributed by atoms with E-state index in [1.54, 1.807) is 12.1 Å². The van der Waals surface area contributed by atoms with Crippen molar-refractivity contribution in [3.63, 3.8) is 0 Å². The molecule has 3 rings (SSSR count). The quantitative estimate of drug-likeness (QED) is 0.715. The highest BCUT2D eigenvalue weighted by Gasteiger charge is 2.08. The van der Waals surface area contributed by atoms with Gasteiger partial charge in [-0.1, -0.05) is 18.2 Å². The molecule has 1 heterocycles. The topological polar surface area (TPSA) is 71.2 Å². The normalized spacial score (nSPS) is 10.9. The van der Waals surface area contributed by atoms with Crippen molar-refractivity contribution in [3.05, 3.63) is 48.0 Å². The third kappa shape index (κ3) is 1.70. The number of phenols is 1. The molecule has 0 aliphatic rings. The lowest BCUT2D eigenvalue weighted by Crippen LogP contribution is -1.99. The van der Waals surface area contributed by atoms with Gasteiger partial charge in [-0.25, -0.2) is 0 Å². The van der Waals surface area contributed by atoms with Crippen LogP contribution in [0.2, 0.25) is 0 Å². The van der Waals surface area contributed by atoms with Gasteiger partial charge in [0.25, 0.3) is 0 Å². The second-order valence-electron chi connectivity index (χ2n) is 3.96. The van der Waals surface area contributed by atoms with E-state index in [9.17, 15) is 5.11 Å². The number of aromatic nitrogens is 3. The average molecular weight is 241 g/mol. The number of fused-ring (bicyclic) bond motifs is 1. The zero-order valence-electron chi connectivity index (χ0n) is 9.48. The van der Waals surface area contributed by atoms with Crippen molar-refractivity contribution < 1.29 is 10.2 Å². The fourth-order valence-corrected chi connectivity index (χ4v) is 1.80. The van der Waals surface area contributed by atoms with Crippen molar-refractivity contribution in [1.29, 1.82) is 0 Å². The predicted octanol–water partition coefficient (Wildman–Crippen LogP) is 1.62. The molecule has 18 heavy (non-hydrogen) atoms. The lowest BCUT2D eigenvalue weighted by atomic mass is 10.2. The molecule has 5 nitrogen and oxygen atoms in total. The summed E-state index contributed by atoms with van der Waals surface area (Å²) in [6, 6.07) is 12.4. The van der Waals surface area contributed by atoms with Crippen LogP contribution in [0.15, 0.2) is 42.5 Å². The maximum atomic E-state index is 9.89. The summed E-state index contributed by atoms with van der Waals surface area (Å²) in [6.45, 7) is -0.109. The molecule has 0 radical (unpaired) electrons. The zero-order valence-corrected chi connectivity index (χ0v) is 9.48. The van der Waals surface area contributed by atoms with E-state index in [2.05, 4.69) is 10.2 Å². The van der Waals surface area contributed by atoms with Crippen molar-refractivity contribution in [2.24, 2.45) is 0 Å². The number of hydrogen-bond donors (Lipinski definition) is 2. The lowest BCUT2D eigenvalue weighted by Gasteiger charge is -2.04. The first-order chi connectivity index (χ1) is 8.78. The molecule has 1 aromatic heterocycles. The third-order valence-corrected chi connectivity index (χ3v) is 2.72. The lowest BCUT2D eigenvalue weighted by molar-refractivity contribution is 0.281.